The predicted molar refractivity (Wildman–Crippen MR) is 78.4 cm³/mol. The van der Waals surface area contributed by atoms with Crippen LogP contribution in [-0.2, 0) is 0 Å². The number of hydrogen-bond donors (Lipinski definition) is 2. The fourth-order valence-electron chi connectivity index (χ4n) is 3.86. The highest BCUT2D eigenvalue weighted by Gasteiger charge is 2.32. The Hall–Kier alpha value is -1.85. The average molecular weight is 272 g/mol. The Bertz CT molecular complexity index is 621. The quantitative estimate of drug-likeness (QED) is 0.829. The molecule has 2 atom stereocenters. The molecule has 3 N–H and O–H groups in total. The molecule has 1 aliphatic heterocycles. The molecule has 1 aliphatic carbocycles. The van der Waals surface area contributed by atoms with Crippen LogP contribution in [0.1, 0.15) is 32.1 Å². The summed E-state index contributed by atoms with van der Waals surface area (Å²) in [7, 11) is 0. The second-order valence-corrected chi connectivity index (χ2v) is 6.05. The van der Waals surface area contributed by atoms with Gasteiger partial charge in [-0.15, -0.1) is 0 Å². The van der Waals surface area contributed by atoms with Crippen molar-refractivity contribution in [3.8, 4) is 0 Å². The van der Waals surface area contributed by atoms with E-state index in [9.17, 15) is 0 Å². The first-order valence-electron chi connectivity index (χ1n) is 7.53. The molecule has 1 saturated carbocycles. The van der Waals surface area contributed by atoms with Gasteiger partial charge in [0.2, 0.25) is 5.95 Å². The molecule has 0 amide bonds. The lowest BCUT2D eigenvalue weighted by Gasteiger charge is -2.41. The average Bonchev–Trinajstić information content (AvgIpc) is 2.94. The number of aromatic nitrogens is 4. The Kier molecular flexibility index (Phi) is 2.75. The monoisotopic (exact) mass is 272 g/mol. The predicted octanol–water partition coefficient (Wildman–Crippen LogP) is 1.95. The Morgan fingerprint density at radius 3 is 2.90 bits per heavy atom. The number of anilines is 2. The van der Waals surface area contributed by atoms with Crippen LogP contribution in [-0.4, -0.2) is 33.0 Å². The third-order valence-electron chi connectivity index (χ3n) is 4.87. The molecule has 0 aromatic carbocycles. The third kappa shape index (κ3) is 1.90. The summed E-state index contributed by atoms with van der Waals surface area (Å²) in [5.74, 6) is 2.96. The summed E-state index contributed by atoms with van der Waals surface area (Å²) in [6.07, 6.45) is 8.48. The number of nitrogens with zero attached hydrogens (tertiary/aromatic N) is 4. The van der Waals surface area contributed by atoms with Crippen molar-refractivity contribution < 1.29 is 0 Å². The first-order valence-corrected chi connectivity index (χ1v) is 7.53. The lowest BCUT2D eigenvalue weighted by molar-refractivity contribution is 0.202. The Labute approximate surface area is 117 Å². The van der Waals surface area contributed by atoms with Crippen molar-refractivity contribution in [2.75, 3.05) is 23.7 Å². The van der Waals surface area contributed by atoms with E-state index in [1.54, 1.807) is 6.33 Å². The highest BCUT2D eigenvalue weighted by atomic mass is 15.2. The van der Waals surface area contributed by atoms with Crippen molar-refractivity contribution in [1.82, 2.24) is 19.9 Å². The van der Waals surface area contributed by atoms with Crippen LogP contribution in [0, 0.1) is 11.8 Å². The van der Waals surface area contributed by atoms with Gasteiger partial charge < -0.3 is 15.6 Å². The van der Waals surface area contributed by atoms with Gasteiger partial charge in [0.15, 0.2) is 11.5 Å². The highest BCUT2D eigenvalue weighted by Crippen LogP contribution is 2.38. The molecular weight excluding hydrogens is 252 g/mol. The first-order chi connectivity index (χ1) is 9.81. The normalized spacial score (nSPS) is 26.7. The van der Waals surface area contributed by atoms with Crippen molar-refractivity contribution in [1.29, 1.82) is 0 Å². The van der Waals surface area contributed by atoms with Crippen LogP contribution in [0.2, 0.25) is 0 Å². The van der Waals surface area contributed by atoms with E-state index in [1.807, 2.05) is 0 Å². The molecule has 3 heterocycles. The van der Waals surface area contributed by atoms with Gasteiger partial charge in [0.1, 0.15) is 5.52 Å². The van der Waals surface area contributed by atoms with Crippen molar-refractivity contribution in [3.05, 3.63) is 6.33 Å². The molecule has 1 saturated heterocycles. The van der Waals surface area contributed by atoms with Crippen LogP contribution in [0.25, 0.3) is 11.2 Å². The summed E-state index contributed by atoms with van der Waals surface area (Å²) in [6.45, 7) is 2.15. The molecule has 6 heteroatoms. The summed E-state index contributed by atoms with van der Waals surface area (Å²) < 4.78 is 0. The maximum absolute atomic E-state index is 5.82. The van der Waals surface area contributed by atoms with Crippen LogP contribution in [0.3, 0.4) is 0 Å². The van der Waals surface area contributed by atoms with Crippen molar-refractivity contribution in [2.45, 2.75) is 32.1 Å². The largest absolute Gasteiger partial charge is 0.368 e. The van der Waals surface area contributed by atoms with E-state index in [1.165, 1.54) is 32.1 Å². The molecule has 0 radical (unpaired) electrons. The minimum Gasteiger partial charge on any atom is -0.368 e. The van der Waals surface area contributed by atoms with E-state index in [2.05, 4.69) is 24.8 Å². The van der Waals surface area contributed by atoms with Gasteiger partial charge in [0.05, 0.1) is 6.33 Å². The third-order valence-corrected chi connectivity index (χ3v) is 4.87. The number of H-pyrrole nitrogens is 1. The number of hydrogen-bond acceptors (Lipinski definition) is 5. The lowest BCUT2D eigenvalue weighted by Crippen LogP contribution is -2.42. The molecular formula is C14H20N6. The molecule has 6 nitrogen and oxygen atoms in total. The van der Waals surface area contributed by atoms with Gasteiger partial charge >= 0.3 is 0 Å². The maximum Gasteiger partial charge on any atom is 0.224 e. The van der Waals surface area contributed by atoms with E-state index in [0.29, 0.717) is 11.6 Å². The number of nitrogens with one attached hydrogen (secondary N) is 1. The second-order valence-electron chi connectivity index (χ2n) is 6.05. The Balaban J connectivity index is 1.67. The highest BCUT2D eigenvalue weighted by molar-refractivity contribution is 5.84. The summed E-state index contributed by atoms with van der Waals surface area (Å²) in [6, 6.07) is 0. The first kappa shape index (κ1) is 11.9. The van der Waals surface area contributed by atoms with Gasteiger partial charge in [-0.2, -0.15) is 9.97 Å². The summed E-state index contributed by atoms with van der Waals surface area (Å²) in [5, 5.41) is 0. The van der Waals surface area contributed by atoms with Crippen molar-refractivity contribution in [3.63, 3.8) is 0 Å². The smallest absolute Gasteiger partial charge is 0.224 e. The molecule has 20 heavy (non-hydrogen) atoms. The molecule has 4 rings (SSSR count). The molecule has 2 unspecified atom stereocenters. The van der Waals surface area contributed by atoms with E-state index in [0.717, 1.165) is 36.3 Å². The summed E-state index contributed by atoms with van der Waals surface area (Å²) in [4.78, 5) is 18.3. The van der Waals surface area contributed by atoms with E-state index in [-0.39, 0.29) is 0 Å². The van der Waals surface area contributed by atoms with Crippen LogP contribution in [0.15, 0.2) is 6.33 Å². The molecule has 106 valence electrons. The fraction of sp³-hybridized carbons (Fsp3) is 0.643. The second kappa shape index (κ2) is 4.61. The summed E-state index contributed by atoms with van der Waals surface area (Å²) >= 11 is 0. The van der Waals surface area contributed by atoms with Gasteiger partial charge in [-0.3, -0.25) is 0 Å². The molecule has 0 spiro atoms. The SMILES string of the molecule is Nc1nc(N2CCC3CCCCC3C2)c2[nH]cnc2n1. The number of nitrogen functional groups attached to an aromatic ring is 1. The Morgan fingerprint density at radius 2 is 2.00 bits per heavy atom. The number of imidazole rings is 1. The van der Waals surface area contributed by atoms with Crippen LogP contribution < -0.4 is 10.6 Å². The zero-order valence-electron chi connectivity index (χ0n) is 11.5. The number of fused-ring (bicyclic) bond motifs is 2. The molecule has 2 aliphatic rings. The van der Waals surface area contributed by atoms with Gasteiger partial charge in [-0.1, -0.05) is 19.3 Å². The van der Waals surface area contributed by atoms with Gasteiger partial charge in [-0.25, -0.2) is 4.98 Å². The van der Waals surface area contributed by atoms with E-state index >= 15 is 0 Å². The van der Waals surface area contributed by atoms with Crippen molar-refractivity contribution >= 4 is 22.9 Å². The topological polar surface area (TPSA) is 83.7 Å². The standard InChI is InChI=1S/C14H20N6/c15-14-18-12-11(16-8-17-12)13(19-14)20-6-5-9-3-1-2-4-10(9)7-20/h8-10H,1-7H2,(H3,15,16,17,18,19). The lowest BCUT2D eigenvalue weighted by atomic mass is 9.75. The van der Waals surface area contributed by atoms with Crippen LogP contribution in [0.5, 0.6) is 0 Å². The van der Waals surface area contributed by atoms with Gasteiger partial charge in [0.25, 0.3) is 0 Å². The molecule has 0 bridgehead atoms. The van der Waals surface area contributed by atoms with Crippen LogP contribution >= 0.6 is 0 Å². The van der Waals surface area contributed by atoms with Gasteiger partial charge in [0, 0.05) is 13.1 Å². The Morgan fingerprint density at radius 1 is 1.15 bits per heavy atom. The summed E-state index contributed by atoms with van der Waals surface area (Å²) in [5.41, 5.74) is 7.40. The van der Waals surface area contributed by atoms with E-state index in [4.69, 9.17) is 5.73 Å². The fourth-order valence-corrected chi connectivity index (χ4v) is 3.86. The number of nitrogens with two attached hydrogens (primary N) is 1. The minimum atomic E-state index is 0.311. The zero-order chi connectivity index (χ0) is 13.5. The molecule has 2 aromatic heterocycles. The molecule has 2 aromatic rings. The maximum atomic E-state index is 5.82. The number of piperidine rings is 1. The zero-order valence-corrected chi connectivity index (χ0v) is 11.5. The number of rotatable bonds is 1. The van der Waals surface area contributed by atoms with Gasteiger partial charge in [-0.05, 0) is 24.7 Å². The van der Waals surface area contributed by atoms with Crippen LogP contribution in [0.4, 0.5) is 11.8 Å². The molecule has 2 fully saturated rings. The minimum absolute atomic E-state index is 0.311. The number of aromatic amines is 1. The van der Waals surface area contributed by atoms with E-state index < -0.39 is 0 Å². The van der Waals surface area contributed by atoms with Crippen molar-refractivity contribution in [2.24, 2.45) is 11.8 Å².